The van der Waals surface area contributed by atoms with Crippen LogP contribution in [0.5, 0.6) is 0 Å². The van der Waals surface area contributed by atoms with Crippen LogP contribution < -0.4 is 0 Å². The summed E-state index contributed by atoms with van der Waals surface area (Å²) in [6.45, 7) is 9.10. The van der Waals surface area contributed by atoms with E-state index >= 15 is 0 Å². The lowest BCUT2D eigenvalue weighted by Crippen LogP contribution is -2.19. The molecule has 0 fully saturated rings. The van der Waals surface area contributed by atoms with Gasteiger partial charge in [0.15, 0.2) is 5.82 Å². The summed E-state index contributed by atoms with van der Waals surface area (Å²) in [5.41, 5.74) is 5.85. The molecule has 0 N–H and O–H groups in total. The molecule has 5 heteroatoms. The lowest BCUT2D eigenvalue weighted by molar-refractivity contribution is 0.0657. The van der Waals surface area contributed by atoms with Crippen LogP contribution in [0, 0.1) is 6.92 Å². The minimum Gasteiger partial charge on any atom is -0.377 e. The molecule has 4 rings (SSSR count). The number of aliphatic imine (C=N–C) groups is 1. The van der Waals surface area contributed by atoms with Gasteiger partial charge in [0, 0.05) is 23.6 Å². The van der Waals surface area contributed by atoms with E-state index in [4.69, 9.17) is 19.7 Å². The highest BCUT2D eigenvalue weighted by Gasteiger charge is 2.31. The second-order valence-electron chi connectivity index (χ2n) is 8.07. The minimum atomic E-state index is 0.126. The first-order valence-corrected chi connectivity index (χ1v) is 12.3. The molecule has 0 saturated carbocycles. The van der Waals surface area contributed by atoms with Crippen LogP contribution in [0.2, 0.25) is 0 Å². The SMILES string of the molecule is CCO[C@H]1Cc2ccccc2C1/C=N/c1nc(CC)c(Sc2ccc(C)cc2)nc1CC. The Morgan fingerprint density at radius 1 is 1.00 bits per heavy atom. The first-order chi connectivity index (χ1) is 15.6. The van der Waals surface area contributed by atoms with E-state index in [0.717, 1.165) is 41.5 Å². The summed E-state index contributed by atoms with van der Waals surface area (Å²) in [6.07, 6.45) is 4.70. The Hall–Kier alpha value is -2.50. The molecule has 1 aliphatic rings. The average molecular weight is 446 g/mol. The van der Waals surface area contributed by atoms with E-state index < -0.39 is 0 Å². The van der Waals surface area contributed by atoms with Gasteiger partial charge >= 0.3 is 0 Å². The van der Waals surface area contributed by atoms with E-state index in [1.54, 1.807) is 11.8 Å². The van der Waals surface area contributed by atoms with Crippen LogP contribution in [-0.4, -0.2) is 28.9 Å². The summed E-state index contributed by atoms with van der Waals surface area (Å²) in [7, 11) is 0. The Kier molecular flexibility index (Phi) is 7.38. The van der Waals surface area contributed by atoms with Gasteiger partial charge in [-0.25, -0.2) is 15.0 Å². The van der Waals surface area contributed by atoms with Gasteiger partial charge < -0.3 is 4.74 Å². The Balaban J connectivity index is 1.64. The molecular formula is C27H31N3OS. The zero-order chi connectivity index (χ0) is 22.5. The largest absolute Gasteiger partial charge is 0.377 e. The van der Waals surface area contributed by atoms with Gasteiger partial charge in [-0.05, 0) is 56.4 Å². The molecule has 0 aliphatic heterocycles. The van der Waals surface area contributed by atoms with Gasteiger partial charge in [0.25, 0.3) is 0 Å². The Labute approximate surface area is 195 Å². The molecule has 4 nitrogen and oxygen atoms in total. The van der Waals surface area contributed by atoms with E-state index in [-0.39, 0.29) is 12.0 Å². The van der Waals surface area contributed by atoms with Crippen molar-refractivity contribution in [2.24, 2.45) is 4.99 Å². The molecule has 0 amide bonds. The molecule has 32 heavy (non-hydrogen) atoms. The lowest BCUT2D eigenvalue weighted by Gasteiger charge is -2.17. The number of hydrogen-bond donors (Lipinski definition) is 0. The molecule has 1 heterocycles. The number of benzene rings is 2. The zero-order valence-electron chi connectivity index (χ0n) is 19.3. The predicted octanol–water partition coefficient (Wildman–Crippen LogP) is 6.51. The summed E-state index contributed by atoms with van der Waals surface area (Å²) < 4.78 is 6.05. The molecule has 3 aromatic rings. The number of aryl methyl sites for hydroxylation is 3. The number of hydrogen-bond acceptors (Lipinski definition) is 5. The van der Waals surface area contributed by atoms with Gasteiger partial charge in [0.2, 0.25) is 0 Å². The quantitative estimate of drug-likeness (QED) is 0.371. The van der Waals surface area contributed by atoms with Crippen molar-refractivity contribution in [1.82, 2.24) is 9.97 Å². The van der Waals surface area contributed by atoms with E-state index in [9.17, 15) is 0 Å². The number of rotatable bonds is 8. The third-order valence-electron chi connectivity index (χ3n) is 5.86. The third kappa shape index (κ3) is 4.94. The average Bonchev–Trinajstić information content (AvgIpc) is 3.16. The van der Waals surface area contributed by atoms with Crippen LogP contribution >= 0.6 is 11.8 Å². The molecule has 1 aromatic heterocycles. The Morgan fingerprint density at radius 3 is 2.47 bits per heavy atom. The van der Waals surface area contributed by atoms with Crippen molar-refractivity contribution in [2.45, 2.75) is 68.9 Å². The molecule has 2 aromatic carbocycles. The van der Waals surface area contributed by atoms with Crippen LogP contribution in [0.3, 0.4) is 0 Å². The van der Waals surface area contributed by atoms with Crippen molar-refractivity contribution in [2.75, 3.05) is 6.61 Å². The normalized spacial score (nSPS) is 17.8. The zero-order valence-corrected chi connectivity index (χ0v) is 20.2. The van der Waals surface area contributed by atoms with Crippen molar-refractivity contribution in [3.63, 3.8) is 0 Å². The molecule has 1 unspecified atom stereocenters. The lowest BCUT2D eigenvalue weighted by atomic mass is 10.0. The van der Waals surface area contributed by atoms with Crippen LogP contribution in [0.1, 0.15) is 54.8 Å². The van der Waals surface area contributed by atoms with Gasteiger partial charge in [-0.3, -0.25) is 0 Å². The highest BCUT2D eigenvalue weighted by atomic mass is 32.2. The molecule has 0 radical (unpaired) electrons. The number of fused-ring (bicyclic) bond motifs is 1. The van der Waals surface area contributed by atoms with Gasteiger partial charge in [-0.1, -0.05) is 67.6 Å². The van der Waals surface area contributed by atoms with E-state index in [0.29, 0.717) is 6.61 Å². The van der Waals surface area contributed by atoms with Crippen molar-refractivity contribution in [3.8, 4) is 0 Å². The maximum absolute atomic E-state index is 6.05. The fourth-order valence-corrected chi connectivity index (χ4v) is 5.10. The second-order valence-corrected chi connectivity index (χ2v) is 9.13. The van der Waals surface area contributed by atoms with Crippen molar-refractivity contribution in [3.05, 3.63) is 76.6 Å². The maximum Gasteiger partial charge on any atom is 0.173 e. The highest BCUT2D eigenvalue weighted by molar-refractivity contribution is 7.99. The molecular weight excluding hydrogens is 414 g/mol. The monoisotopic (exact) mass is 445 g/mol. The molecule has 0 saturated heterocycles. The van der Waals surface area contributed by atoms with Crippen LogP contribution in [-0.2, 0) is 24.0 Å². The van der Waals surface area contributed by atoms with Gasteiger partial charge in [0.05, 0.1) is 17.5 Å². The minimum absolute atomic E-state index is 0.126. The number of ether oxygens (including phenoxy) is 1. The van der Waals surface area contributed by atoms with Crippen LogP contribution in [0.15, 0.2) is 63.4 Å². The third-order valence-corrected chi connectivity index (χ3v) is 6.89. The number of nitrogens with zero attached hydrogens (tertiary/aromatic N) is 3. The van der Waals surface area contributed by atoms with Crippen molar-refractivity contribution < 1.29 is 4.74 Å². The smallest absolute Gasteiger partial charge is 0.173 e. The molecule has 2 atom stereocenters. The van der Waals surface area contributed by atoms with Gasteiger partial charge in [-0.2, -0.15) is 0 Å². The molecule has 166 valence electrons. The van der Waals surface area contributed by atoms with Crippen LogP contribution in [0.4, 0.5) is 5.82 Å². The maximum atomic E-state index is 6.05. The highest BCUT2D eigenvalue weighted by Crippen LogP contribution is 2.35. The Bertz CT molecular complexity index is 1090. The summed E-state index contributed by atoms with van der Waals surface area (Å²) in [5, 5.41) is 0.977. The summed E-state index contributed by atoms with van der Waals surface area (Å²) in [5.74, 6) is 0.876. The van der Waals surface area contributed by atoms with Crippen molar-refractivity contribution in [1.29, 1.82) is 0 Å². The molecule has 0 spiro atoms. The molecule has 0 bridgehead atoms. The first kappa shape index (κ1) is 22.7. The standard InChI is InChI=1S/C27H31N3OS/c1-5-23-26(28-17-22-21-11-9-8-10-19(21)16-25(22)31-7-3)29-24(6-2)27(30-23)32-20-14-12-18(4)13-15-20/h8-15,17,22,25H,5-7,16H2,1-4H3/b28-17+/t22?,25-/m0/s1. The van der Waals surface area contributed by atoms with Gasteiger partial charge in [0.1, 0.15) is 5.03 Å². The summed E-state index contributed by atoms with van der Waals surface area (Å²) in [6, 6.07) is 17.1. The van der Waals surface area contributed by atoms with E-state index in [1.807, 2.05) is 6.21 Å². The second kappa shape index (κ2) is 10.4. The summed E-state index contributed by atoms with van der Waals surface area (Å²) in [4.78, 5) is 16.0. The fraction of sp³-hybridized carbons (Fsp3) is 0.370. The first-order valence-electron chi connectivity index (χ1n) is 11.5. The number of aromatic nitrogens is 2. The molecule has 1 aliphatic carbocycles. The van der Waals surface area contributed by atoms with Crippen LogP contribution in [0.25, 0.3) is 0 Å². The summed E-state index contributed by atoms with van der Waals surface area (Å²) >= 11 is 1.68. The Morgan fingerprint density at radius 2 is 1.75 bits per heavy atom. The topological polar surface area (TPSA) is 47.4 Å². The predicted molar refractivity (Wildman–Crippen MR) is 133 cm³/mol. The fourth-order valence-electron chi connectivity index (χ4n) is 4.14. The van der Waals surface area contributed by atoms with Gasteiger partial charge in [-0.15, -0.1) is 0 Å². The van der Waals surface area contributed by atoms with E-state index in [1.165, 1.54) is 21.6 Å². The van der Waals surface area contributed by atoms with E-state index in [2.05, 4.69) is 76.2 Å². The van der Waals surface area contributed by atoms with Crippen molar-refractivity contribution >= 4 is 23.8 Å².